The van der Waals surface area contributed by atoms with Crippen molar-refractivity contribution in [3.8, 4) is 6.07 Å². The lowest BCUT2D eigenvalue weighted by atomic mass is 10.1. The highest BCUT2D eigenvalue weighted by Crippen LogP contribution is 2.11. The molecular weight excluding hydrogens is 340 g/mol. The summed E-state index contributed by atoms with van der Waals surface area (Å²) in [6.07, 6.45) is 0.424. The fraction of sp³-hybridized carbons (Fsp3) is 0.286. The van der Waals surface area contributed by atoms with Crippen molar-refractivity contribution in [2.45, 2.75) is 6.42 Å². The highest BCUT2D eigenvalue weighted by atomic mass is 16.2. The van der Waals surface area contributed by atoms with E-state index in [1.165, 1.54) is 0 Å². The average molecular weight is 362 g/mol. The van der Waals surface area contributed by atoms with E-state index >= 15 is 0 Å². The van der Waals surface area contributed by atoms with Crippen molar-refractivity contribution in [3.05, 3.63) is 65.7 Å². The number of benzene rings is 2. The Hall–Kier alpha value is -3.17. The van der Waals surface area contributed by atoms with Gasteiger partial charge in [-0.15, -0.1) is 0 Å². The zero-order valence-electron chi connectivity index (χ0n) is 15.1. The molecule has 1 aliphatic rings. The first-order valence-electron chi connectivity index (χ1n) is 9.02. The Bertz CT molecular complexity index is 837. The van der Waals surface area contributed by atoms with E-state index in [-0.39, 0.29) is 11.8 Å². The van der Waals surface area contributed by atoms with E-state index < -0.39 is 0 Å². The van der Waals surface area contributed by atoms with Crippen molar-refractivity contribution < 1.29 is 9.59 Å². The Morgan fingerprint density at radius 1 is 1.00 bits per heavy atom. The van der Waals surface area contributed by atoms with Crippen LogP contribution >= 0.6 is 0 Å². The van der Waals surface area contributed by atoms with Crippen molar-refractivity contribution in [2.75, 3.05) is 38.0 Å². The van der Waals surface area contributed by atoms with Crippen molar-refractivity contribution in [3.63, 3.8) is 0 Å². The van der Waals surface area contributed by atoms with Crippen LogP contribution in [0.1, 0.15) is 22.3 Å². The Morgan fingerprint density at radius 2 is 1.74 bits per heavy atom. The smallest absolute Gasteiger partial charge is 0.253 e. The number of nitrogens with one attached hydrogen (secondary N) is 1. The molecule has 27 heavy (non-hydrogen) atoms. The van der Waals surface area contributed by atoms with Crippen LogP contribution in [0.4, 0.5) is 5.69 Å². The molecular formula is C21H22N4O2. The fourth-order valence-electron chi connectivity index (χ4n) is 3.08. The molecule has 3 rings (SSSR count). The van der Waals surface area contributed by atoms with Gasteiger partial charge in [-0.2, -0.15) is 5.26 Å². The second kappa shape index (κ2) is 8.97. The summed E-state index contributed by atoms with van der Waals surface area (Å²) in [7, 11) is 0. The highest BCUT2D eigenvalue weighted by Gasteiger charge is 2.22. The second-order valence-corrected chi connectivity index (χ2v) is 6.49. The summed E-state index contributed by atoms with van der Waals surface area (Å²) in [4.78, 5) is 28.6. The van der Waals surface area contributed by atoms with Gasteiger partial charge >= 0.3 is 0 Å². The number of carbonyl (C=O) groups is 2. The van der Waals surface area contributed by atoms with Crippen LogP contribution < -0.4 is 5.32 Å². The summed E-state index contributed by atoms with van der Waals surface area (Å²) in [6, 6.07) is 18.3. The quantitative estimate of drug-likeness (QED) is 0.886. The third kappa shape index (κ3) is 5.16. The molecule has 0 radical (unpaired) electrons. The Labute approximate surface area is 159 Å². The van der Waals surface area contributed by atoms with Gasteiger partial charge in [-0.05, 0) is 30.3 Å². The van der Waals surface area contributed by atoms with Crippen LogP contribution in [0, 0.1) is 11.3 Å². The van der Waals surface area contributed by atoms with Crippen molar-refractivity contribution in [2.24, 2.45) is 0 Å². The zero-order chi connectivity index (χ0) is 19.1. The van der Waals surface area contributed by atoms with Crippen LogP contribution in [-0.4, -0.2) is 54.3 Å². The van der Waals surface area contributed by atoms with Gasteiger partial charge in [0.1, 0.15) is 0 Å². The van der Waals surface area contributed by atoms with Crippen LogP contribution in [-0.2, 0) is 4.79 Å². The minimum atomic E-state index is -0.0476. The zero-order valence-corrected chi connectivity index (χ0v) is 15.1. The van der Waals surface area contributed by atoms with Crippen molar-refractivity contribution >= 4 is 17.5 Å². The minimum Gasteiger partial charge on any atom is -0.336 e. The Balaban J connectivity index is 1.44. The number of anilines is 1. The predicted molar refractivity (Wildman–Crippen MR) is 103 cm³/mol. The largest absolute Gasteiger partial charge is 0.336 e. The monoisotopic (exact) mass is 362 g/mol. The average Bonchev–Trinajstić information content (AvgIpc) is 2.73. The van der Waals surface area contributed by atoms with E-state index in [1.54, 1.807) is 29.2 Å². The highest BCUT2D eigenvalue weighted by molar-refractivity contribution is 5.94. The summed E-state index contributed by atoms with van der Waals surface area (Å²) >= 11 is 0. The number of rotatable bonds is 5. The first-order valence-corrected chi connectivity index (χ1v) is 9.02. The van der Waals surface area contributed by atoms with E-state index in [9.17, 15) is 9.59 Å². The lowest BCUT2D eigenvalue weighted by molar-refractivity contribution is -0.116. The molecule has 0 spiro atoms. The van der Waals surface area contributed by atoms with E-state index in [0.29, 0.717) is 37.2 Å². The van der Waals surface area contributed by atoms with Gasteiger partial charge in [0.15, 0.2) is 0 Å². The molecule has 0 unspecified atom stereocenters. The molecule has 6 heteroatoms. The number of carbonyl (C=O) groups excluding carboxylic acids is 2. The molecule has 1 heterocycles. The third-order valence-corrected chi connectivity index (χ3v) is 4.61. The Kier molecular flexibility index (Phi) is 6.18. The van der Waals surface area contributed by atoms with Gasteiger partial charge in [-0.3, -0.25) is 14.5 Å². The van der Waals surface area contributed by atoms with Crippen LogP contribution in [0.2, 0.25) is 0 Å². The molecule has 2 aromatic carbocycles. The molecule has 1 aliphatic heterocycles. The molecule has 1 fully saturated rings. The molecule has 1 saturated heterocycles. The van der Waals surface area contributed by atoms with Gasteiger partial charge in [0.2, 0.25) is 5.91 Å². The maximum Gasteiger partial charge on any atom is 0.253 e. The van der Waals surface area contributed by atoms with Crippen LogP contribution in [0.3, 0.4) is 0 Å². The molecule has 0 bridgehead atoms. The van der Waals surface area contributed by atoms with Crippen molar-refractivity contribution in [1.82, 2.24) is 9.80 Å². The number of amides is 2. The maximum absolute atomic E-state index is 12.6. The predicted octanol–water partition coefficient (Wildman–Crippen LogP) is 2.34. The topological polar surface area (TPSA) is 76.4 Å². The summed E-state index contributed by atoms with van der Waals surface area (Å²) < 4.78 is 0. The second-order valence-electron chi connectivity index (χ2n) is 6.49. The first kappa shape index (κ1) is 18.6. The van der Waals surface area contributed by atoms with Crippen LogP contribution in [0.25, 0.3) is 0 Å². The summed E-state index contributed by atoms with van der Waals surface area (Å²) in [5.41, 5.74) is 1.84. The van der Waals surface area contributed by atoms with Crippen LogP contribution in [0.15, 0.2) is 54.6 Å². The number of hydrogen-bond donors (Lipinski definition) is 1. The van der Waals surface area contributed by atoms with Gasteiger partial charge < -0.3 is 10.2 Å². The maximum atomic E-state index is 12.6. The van der Waals surface area contributed by atoms with E-state index in [1.807, 2.05) is 30.3 Å². The summed E-state index contributed by atoms with van der Waals surface area (Å²) in [5.74, 6) is -0.0541. The van der Waals surface area contributed by atoms with Gasteiger partial charge in [0, 0.05) is 50.4 Å². The minimum absolute atomic E-state index is 0.00646. The van der Waals surface area contributed by atoms with Crippen LogP contribution in [0.5, 0.6) is 0 Å². The van der Waals surface area contributed by atoms with Gasteiger partial charge in [-0.25, -0.2) is 0 Å². The summed E-state index contributed by atoms with van der Waals surface area (Å²) in [5, 5.41) is 11.9. The molecule has 138 valence electrons. The molecule has 0 aromatic heterocycles. The lowest BCUT2D eigenvalue weighted by Gasteiger charge is -2.34. The van der Waals surface area contributed by atoms with Gasteiger partial charge in [0.25, 0.3) is 5.91 Å². The molecule has 0 aliphatic carbocycles. The van der Waals surface area contributed by atoms with Crippen molar-refractivity contribution in [1.29, 1.82) is 5.26 Å². The first-order chi connectivity index (χ1) is 13.2. The van der Waals surface area contributed by atoms with E-state index in [2.05, 4.69) is 16.3 Å². The van der Waals surface area contributed by atoms with E-state index in [0.717, 1.165) is 18.8 Å². The number of hydrogen-bond acceptors (Lipinski definition) is 4. The molecule has 1 N–H and O–H groups in total. The molecule has 0 atom stereocenters. The SMILES string of the molecule is N#Cc1cccc(C(=O)N2CCN(CCC(=O)Nc3ccccc3)CC2)c1. The summed E-state index contributed by atoms with van der Waals surface area (Å²) in [6.45, 7) is 3.39. The molecule has 6 nitrogen and oxygen atoms in total. The number of nitriles is 1. The normalized spacial score (nSPS) is 14.4. The van der Waals surface area contributed by atoms with E-state index in [4.69, 9.17) is 5.26 Å². The number of nitrogens with zero attached hydrogens (tertiary/aromatic N) is 3. The lowest BCUT2D eigenvalue weighted by Crippen LogP contribution is -2.49. The molecule has 2 aromatic rings. The molecule has 0 saturated carbocycles. The number of piperazine rings is 1. The standard InChI is InChI=1S/C21H22N4O2/c22-16-17-5-4-6-18(15-17)21(27)25-13-11-24(12-14-25)10-9-20(26)23-19-7-2-1-3-8-19/h1-8,15H,9-14H2,(H,23,26). The third-order valence-electron chi connectivity index (χ3n) is 4.61. The van der Waals surface area contributed by atoms with Gasteiger partial charge in [0.05, 0.1) is 11.6 Å². The molecule has 2 amide bonds. The van der Waals surface area contributed by atoms with Gasteiger partial charge in [-0.1, -0.05) is 24.3 Å². The fourth-order valence-corrected chi connectivity index (χ4v) is 3.08. The number of para-hydroxylation sites is 1. The Morgan fingerprint density at radius 3 is 2.44 bits per heavy atom.